The fourth-order valence-corrected chi connectivity index (χ4v) is 1.04. The number of nitrogens with zero attached hydrogens (tertiary/aromatic N) is 2. The summed E-state index contributed by atoms with van der Waals surface area (Å²) in [7, 11) is 6.17. The third kappa shape index (κ3) is 7.07. The number of carbonyl (C=O) groups is 3. The number of amides is 2. The van der Waals surface area contributed by atoms with E-state index in [0.29, 0.717) is 6.42 Å². The Balaban J connectivity index is 4.27. The first kappa shape index (κ1) is 16.9. The maximum Gasteiger partial charge on any atom is 0.410 e. The van der Waals surface area contributed by atoms with Crippen LogP contribution in [0.25, 0.3) is 0 Å². The molecule has 0 aromatic carbocycles. The summed E-state index contributed by atoms with van der Waals surface area (Å²) >= 11 is 0. The van der Waals surface area contributed by atoms with Crippen molar-refractivity contribution in [1.29, 1.82) is 0 Å². The van der Waals surface area contributed by atoms with Crippen LogP contribution in [0.3, 0.4) is 0 Å². The number of likely N-dealkylation sites (N-methyl/N-ethyl adjacent to an activating group) is 1. The summed E-state index contributed by atoms with van der Waals surface area (Å²) in [5, 5.41) is 8.91. The monoisotopic (exact) mass is 272 g/mol. The van der Waals surface area contributed by atoms with Gasteiger partial charge in [0.2, 0.25) is 12.0 Å². The van der Waals surface area contributed by atoms with Gasteiger partial charge in [-0.1, -0.05) is 6.08 Å². The predicted octanol–water partition coefficient (Wildman–Crippen LogP) is 0.562. The lowest BCUT2D eigenvalue weighted by molar-refractivity contribution is -0.147. The van der Waals surface area contributed by atoms with Gasteiger partial charge in [0.25, 0.3) is 0 Å². The molecule has 2 amide bonds. The maximum absolute atomic E-state index is 11.2. The number of carboxylic acids is 1. The van der Waals surface area contributed by atoms with Crippen molar-refractivity contribution < 1.29 is 24.2 Å². The van der Waals surface area contributed by atoms with Crippen LogP contribution >= 0.6 is 0 Å². The second-order valence-corrected chi connectivity index (χ2v) is 4.32. The van der Waals surface area contributed by atoms with Crippen LogP contribution in [0, 0.1) is 0 Å². The van der Waals surface area contributed by atoms with Crippen molar-refractivity contribution in [3.05, 3.63) is 12.2 Å². The normalized spacial score (nSPS) is 12.0. The maximum atomic E-state index is 11.2. The summed E-state index contributed by atoms with van der Waals surface area (Å²) in [6, 6.07) is 0. The van der Waals surface area contributed by atoms with Gasteiger partial charge >= 0.3 is 12.1 Å². The number of carboxylic acid groups (broad SMARTS) is 1. The zero-order valence-electron chi connectivity index (χ0n) is 11.6. The van der Waals surface area contributed by atoms with Crippen LogP contribution in [-0.2, 0) is 14.3 Å². The molecule has 0 radical (unpaired) electrons. The second-order valence-electron chi connectivity index (χ2n) is 4.32. The molecular formula is C12H20N2O5. The molecule has 7 nitrogen and oxygen atoms in total. The van der Waals surface area contributed by atoms with Crippen LogP contribution in [0.2, 0.25) is 0 Å². The van der Waals surface area contributed by atoms with Crippen molar-refractivity contribution in [3.8, 4) is 0 Å². The number of hydrogen-bond acceptors (Lipinski definition) is 4. The highest BCUT2D eigenvalue weighted by molar-refractivity contribution is 5.87. The highest BCUT2D eigenvalue weighted by atomic mass is 16.6. The number of aliphatic carboxylic acids is 1. The fourth-order valence-electron chi connectivity index (χ4n) is 1.04. The first-order valence-electron chi connectivity index (χ1n) is 5.74. The molecule has 0 fully saturated rings. The molecule has 0 aliphatic carbocycles. The van der Waals surface area contributed by atoms with E-state index in [9.17, 15) is 14.4 Å². The van der Waals surface area contributed by atoms with E-state index in [1.807, 2.05) is 0 Å². The van der Waals surface area contributed by atoms with Crippen LogP contribution in [0.1, 0.15) is 12.8 Å². The Labute approximate surface area is 112 Å². The van der Waals surface area contributed by atoms with Crippen molar-refractivity contribution in [1.82, 2.24) is 9.80 Å². The second kappa shape index (κ2) is 8.12. The molecule has 0 aliphatic heterocycles. The molecule has 1 N–H and O–H groups in total. The number of carbonyl (C=O) groups excluding carboxylic acids is 2. The Morgan fingerprint density at radius 2 is 1.74 bits per heavy atom. The molecule has 0 rings (SSSR count). The molecule has 0 saturated carbocycles. The van der Waals surface area contributed by atoms with E-state index in [4.69, 9.17) is 9.84 Å². The van der Waals surface area contributed by atoms with Crippen LogP contribution in [0.15, 0.2) is 12.2 Å². The van der Waals surface area contributed by atoms with E-state index in [1.165, 1.54) is 25.1 Å². The third-order valence-electron chi connectivity index (χ3n) is 2.18. The van der Waals surface area contributed by atoms with Crippen molar-refractivity contribution in [3.63, 3.8) is 0 Å². The van der Waals surface area contributed by atoms with E-state index in [1.54, 1.807) is 20.2 Å². The molecule has 0 unspecified atom stereocenters. The SMILES string of the molecule is CN(C)C(=O)/C=C/CC[C@H](OC(=O)N(C)C)C(=O)O. The Kier molecular flexibility index (Phi) is 7.25. The van der Waals surface area contributed by atoms with E-state index in [-0.39, 0.29) is 12.3 Å². The molecule has 0 aromatic heterocycles. The van der Waals surface area contributed by atoms with Gasteiger partial charge < -0.3 is 19.6 Å². The summed E-state index contributed by atoms with van der Waals surface area (Å²) in [6.07, 6.45) is 1.44. The van der Waals surface area contributed by atoms with Crippen LogP contribution in [-0.4, -0.2) is 67.2 Å². The Morgan fingerprint density at radius 3 is 2.16 bits per heavy atom. The summed E-state index contributed by atoms with van der Waals surface area (Å²) in [6.45, 7) is 0. The fraction of sp³-hybridized carbons (Fsp3) is 0.583. The smallest absolute Gasteiger partial charge is 0.410 e. The van der Waals surface area contributed by atoms with Crippen LogP contribution in [0.4, 0.5) is 4.79 Å². The minimum atomic E-state index is -1.21. The highest BCUT2D eigenvalue weighted by Gasteiger charge is 2.22. The molecule has 0 saturated heterocycles. The van der Waals surface area contributed by atoms with Crippen LogP contribution in [0.5, 0.6) is 0 Å². The molecule has 1 atom stereocenters. The Morgan fingerprint density at radius 1 is 1.16 bits per heavy atom. The zero-order valence-corrected chi connectivity index (χ0v) is 11.6. The van der Waals surface area contributed by atoms with Crippen molar-refractivity contribution in [2.75, 3.05) is 28.2 Å². The van der Waals surface area contributed by atoms with Gasteiger partial charge in [0, 0.05) is 28.2 Å². The van der Waals surface area contributed by atoms with E-state index < -0.39 is 18.2 Å². The zero-order chi connectivity index (χ0) is 15.0. The van der Waals surface area contributed by atoms with Gasteiger partial charge in [0.05, 0.1) is 0 Å². The number of ether oxygens (including phenoxy) is 1. The first-order chi connectivity index (χ1) is 8.75. The van der Waals surface area contributed by atoms with Gasteiger partial charge in [-0.05, 0) is 18.9 Å². The summed E-state index contributed by atoms with van der Waals surface area (Å²) in [5.41, 5.74) is 0. The summed E-state index contributed by atoms with van der Waals surface area (Å²) < 4.78 is 4.79. The van der Waals surface area contributed by atoms with Crippen molar-refractivity contribution in [2.45, 2.75) is 18.9 Å². The molecule has 19 heavy (non-hydrogen) atoms. The van der Waals surface area contributed by atoms with Gasteiger partial charge in [0.15, 0.2) is 0 Å². The molecule has 108 valence electrons. The lowest BCUT2D eigenvalue weighted by Gasteiger charge is -2.16. The summed E-state index contributed by atoms with van der Waals surface area (Å²) in [5.74, 6) is -1.39. The Hall–Kier alpha value is -2.05. The molecular weight excluding hydrogens is 252 g/mol. The van der Waals surface area contributed by atoms with E-state index >= 15 is 0 Å². The topological polar surface area (TPSA) is 87.2 Å². The molecule has 0 aliphatic rings. The van der Waals surface area contributed by atoms with Gasteiger partial charge in [-0.15, -0.1) is 0 Å². The van der Waals surface area contributed by atoms with Crippen LogP contribution < -0.4 is 0 Å². The van der Waals surface area contributed by atoms with Crippen molar-refractivity contribution >= 4 is 18.0 Å². The molecule has 0 heterocycles. The van der Waals surface area contributed by atoms with Crippen molar-refractivity contribution in [2.24, 2.45) is 0 Å². The first-order valence-corrected chi connectivity index (χ1v) is 5.74. The molecule has 0 bridgehead atoms. The van der Waals surface area contributed by atoms with Gasteiger partial charge in [-0.2, -0.15) is 0 Å². The standard InChI is InChI=1S/C12H20N2O5/c1-13(2)10(15)8-6-5-7-9(11(16)17)19-12(18)14(3)4/h6,8-9H,5,7H2,1-4H3,(H,16,17)/b8-6+/t9-/m0/s1. The molecule has 7 heteroatoms. The quantitative estimate of drug-likeness (QED) is 0.714. The average Bonchev–Trinajstić information content (AvgIpc) is 2.31. The third-order valence-corrected chi connectivity index (χ3v) is 2.18. The van der Waals surface area contributed by atoms with Gasteiger partial charge in [-0.25, -0.2) is 9.59 Å². The number of hydrogen-bond donors (Lipinski definition) is 1. The average molecular weight is 272 g/mol. The minimum absolute atomic E-state index is 0.117. The molecule has 0 aromatic rings. The largest absolute Gasteiger partial charge is 0.479 e. The lowest BCUT2D eigenvalue weighted by atomic mass is 10.2. The van der Waals surface area contributed by atoms with Gasteiger partial charge in [0.1, 0.15) is 0 Å². The number of rotatable bonds is 6. The van der Waals surface area contributed by atoms with Gasteiger partial charge in [-0.3, -0.25) is 4.79 Å². The lowest BCUT2D eigenvalue weighted by Crippen LogP contribution is -2.32. The highest BCUT2D eigenvalue weighted by Crippen LogP contribution is 2.06. The summed E-state index contributed by atoms with van der Waals surface area (Å²) in [4.78, 5) is 35.9. The van der Waals surface area contributed by atoms with E-state index in [0.717, 1.165) is 4.90 Å². The number of allylic oxidation sites excluding steroid dienone is 1. The molecule has 0 spiro atoms. The Bertz CT molecular complexity index is 363. The van der Waals surface area contributed by atoms with E-state index in [2.05, 4.69) is 0 Å². The predicted molar refractivity (Wildman–Crippen MR) is 68.7 cm³/mol. The minimum Gasteiger partial charge on any atom is -0.479 e.